The lowest BCUT2D eigenvalue weighted by Crippen LogP contribution is -2.51. The lowest BCUT2D eigenvalue weighted by atomic mass is 9.83. The summed E-state index contributed by atoms with van der Waals surface area (Å²) in [5.74, 6) is -0.0635. The second-order valence-electron chi connectivity index (χ2n) is 8.88. The summed E-state index contributed by atoms with van der Waals surface area (Å²) in [7, 11) is 1.91. The Morgan fingerprint density at radius 1 is 1.00 bits per heavy atom. The van der Waals surface area contributed by atoms with Gasteiger partial charge in [-0.3, -0.25) is 19.3 Å². The molecule has 164 valence electrons. The van der Waals surface area contributed by atoms with Crippen LogP contribution < -0.4 is 0 Å². The first-order valence-corrected chi connectivity index (χ1v) is 11.0. The topological polar surface area (TPSA) is 93.5 Å². The van der Waals surface area contributed by atoms with Crippen molar-refractivity contribution in [2.75, 3.05) is 26.2 Å². The molecule has 0 aromatic carbocycles. The highest BCUT2D eigenvalue weighted by molar-refractivity contribution is 5.94. The van der Waals surface area contributed by atoms with Crippen LogP contribution in [0.4, 0.5) is 0 Å². The van der Waals surface area contributed by atoms with E-state index in [-0.39, 0.29) is 17.4 Å². The van der Waals surface area contributed by atoms with E-state index in [0.717, 1.165) is 55.7 Å². The van der Waals surface area contributed by atoms with Gasteiger partial charge in [-0.1, -0.05) is 0 Å². The highest BCUT2D eigenvalue weighted by atomic mass is 16.5. The SMILES string of the molecule is Cc1cnc(C(=O)N2CCC3(CC2)Cc2c(c(C(=O)N4CCCC4)nn2C)CO3)cn1. The molecule has 1 spiro atoms. The summed E-state index contributed by atoms with van der Waals surface area (Å²) in [5.41, 5.74) is 3.41. The Kier molecular flexibility index (Phi) is 5.00. The molecule has 2 amide bonds. The van der Waals surface area contributed by atoms with Crippen LogP contribution in [0.3, 0.4) is 0 Å². The van der Waals surface area contributed by atoms with Crippen LogP contribution in [0, 0.1) is 6.92 Å². The van der Waals surface area contributed by atoms with Gasteiger partial charge in [0.25, 0.3) is 11.8 Å². The van der Waals surface area contributed by atoms with Crippen LogP contribution in [0.25, 0.3) is 0 Å². The van der Waals surface area contributed by atoms with Gasteiger partial charge in [0.05, 0.1) is 24.1 Å². The van der Waals surface area contributed by atoms with Crippen molar-refractivity contribution >= 4 is 11.8 Å². The summed E-state index contributed by atoms with van der Waals surface area (Å²) >= 11 is 0. The summed E-state index contributed by atoms with van der Waals surface area (Å²) in [6.45, 7) is 5.09. The first-order valence-electron chi connectivity index (χ1n) is 11.0. The van der Waals surface area contributed by atoms with Crippen LogP contribution >= 0.6 is 0 Å². The fourth-order valence-corrected chi connectivity index (χ4v) is 4.90. The van der Waals surface area contributed by atoms with Gasteiger partial charge in [-0.05, 0) is 32.6 Å². The largest absolute Gasteiger partial charge is 0.370 e. The third-order valence-corrected chi connectivity index (χ3v) is 6.84. The molecular formula is C22H28N6O3. The number of nitrogens with zero attached hydrogens (tertiary/aromatic N) is 6. The first-order chi connectivity index (χ1) is 15.0. The quantitative estimate of drug-likeness (QED) is 0.725. The van der Waals surface area contributed by atoms with Gasteiger partial charge >= 0.3 is 0 Å². The Hall–Kier alpha value is -2.81. The monoisotopic (exact) mass is 424 g/mol. The number of aryl methyl sites for hydroxylation is 2. The number of piperidine rings is 1. The molecule has 0 radical (unpaired) electrons. The molecule has 0 unspecified atom stereocenters. The first kappa shape index (κ1) is 20.1. The molecule has 3 aliphatic heterocycles. The van der Waals surface area contributed by atoms with E-state index in [1.807, 2.05) is 28.5 Å². The summed E-state index contributed by atoms with van der Waals surface area (Å²) in [5, 5.41) is 4.57. The molecule has 9 heteroatoms. The molecule has 5 heterocycles. The van der Waals surface area contributed by atoms with Crippen molar-refractivity contribution in [1.29, 1.82) is 0 Å². The highest BCUT2D eigenvalue weighted by Crippen LogP contribution is 2.37. The molecule has 0 aliphatic carbocycles. The van der Waals surface area contributed by atoms with Gasteiger partial charge in [-0.25, -0.2) is 4.98 Å². The molecule has 9 nitrogen and oxygen atoms in total. The van der Waals surface area contributed by atoms with Crippen LogP contribution in [0.5, 0.6) is 0 Å². The molecule has 0 N–H and O–H groups in total. The van der Waals surface area contributed by atoms with Crippen LogP contribution in [-0.4, -0.2) is 73.1 Å². The minimum absolute atomic E-state index is 0.0218. The van der Waals surface area contributed by atoms with E-state index in [0.29, 0.717) is 37.5 Å². The number of rotatable bonds is 2. The van der Waals surface area contributed by atoms with E-state index in [4.69, 9.17) is 4.74 Å². The normalized spacial score (nSPS) is 20.2. The van der Waals surface area contributed by atoms with E-state index in [1.165, 1.54) is 0 Å². The van der Waals surface area contributed by atoms with Crippen molar-refractivity contribution in [3.05, 3.63) is 40.7 Å². The summed E-state index contributed by atoms with van der Waals surface area (Å²) in [6.07, 6.45) is 7.49. The van der Waals surface area contributed by atoms with Gasteiger partial charge in [-0.2, -0.15) is 5.10 Å². The van der Waals surface area contributed by atoms with E-state index in [9.17, 15) is 9.59 Å². The van der Waals surface area contributed by atoms with Gasteiger partial charge in [0.1, 0.15) is 5.69 Å². The number of carbonyl (C=O) groups is 2. The Balaban J connectivity index is 1.28. The van der Waals surface area contributed by atoms with Gasteiger partial charge in [-0.15, -0.1) is 0 Å². The third kappa shape index (κ3) is 3.60. The summed E-state index contributed by atoms with van der Waals surface area (Å²) < 4.78 is 8.21. The maximum absolute atomic E-state index is 12.9. The van der Waals surface area contributed by atoms with E-state index in [2.05, 4.69) is 15.1 Å². The van der Waals surface area contributed by atoms with Crippen molar-refractivity contribution in [2.45, 2.75) is 51.2 Å². The Morgan fingerprint density at radius 2 is 1.71 bits per heavy atom. The zero-order valence-corrected chi connectivity index (χ0v) is 18.1. The zero-order chi connectivity index (χ0) is 21.6. The maximum atomic E-state index is 12.9. The second kappa shape index (κ2) is 7.71. The van der Waals surface area contributed by atoms with Crippen LogP contribution in [0.15, 0.2) is 12.4 Å². The zero-order valence-electron chi connectivity index (χ0n) is 18.1. The summed E-state index contributed by atoms with van der Waals surface area (Å²) in [6, 6.07) is 0. The average molecular weight is 425 g/mol. The van der Waals surface area contributed by atoms with Crippen molar-refractivity contribution in [1.82, 2.24) is 29.5 Å². The van der Waals surface area contributed by atoms with Gasteiger partial charge < -0.3 is 14.5 Å². The molecular weight excluding hydrogens is 396 g/mol. The molecule has 5 rings (SSSR count). The Morgan fingerprint density at radius 3 is 2.39 bits per heavy atom. The predicted octanol–water partition coefficient (Wildman–Crippen LogP) is 1.50. The lowest BCUT2D eigenvalue weighted by Gasteiger charge is -2.43. The van der Waals surface area contributed by atoms with E-state index < -0.39 is 0 Å². The molecule has 2 aromatic rings. The second-order valence-corrected chi connectivity index (χ2v) is 8.88. The van der Waals surface area contributed by atoms with Crippen molar-refractivity contribution < 1.29 is 14.3 Å². The van der Waals surface area contributed by atoms with E-state index in [1.54, 1.807) is 12.4 Å². The predicted molar refractivity (Wildman–Crippen MR) is 111 cm³/mol. The smallest absolute Gasteiger partial charge is 0.274 e. The Labute approximate surface area is 181 Å². The third-order valence-electron chi connectivity index (χ3n) is 6.84. The van der Waals surface area contributed by atoms with Gasteiger partial charge in [0, 0.05) is 57.1 Å². The van der Waals surface area contributed by atoms with Crippen molar-refractivity contribution in [2.24, 2.45) is 7.05 Å². The minimum Gasteiger partial charge on any atom is -0.370 e. The fraction of sp³-hybridized carbons (Fsp3) is 0.591. The number of likely N-dealkylation sites (tertiary alicyclic amines) is 2. The van der Waals surface area contributed by atoms with Crippen LogP contribution in [0.1, 0.15) is 63.6 Å². The highest BCUT2D eigenvalue weighted by Gasteiger charge is 2.43. The number of ether oxygens (including phenoxy) is 1. The Bertz CT molecular complexity index is 1000. The van der Waals surface area contributed by atoms with E-state index >= 15 is 0 Å². The average Bonchev–Trinajstić information content (AvgIpc) is 3.43. The molecule has 0 atom stereocenters. The van der Waals surface area contributed by atoms with Crippen LogP contribution in [-0.2, 0) is 24.8 Å². The molecule has 3 aliphatic rings. The minimum atomic E-state index is -0.315. The van der Waals surface area contributed by atoms with Crippen LogP contribution in [0.2, 0.25) is 0 Å². The van der Waals surface area contributed by atoms with Crippen molar-refractivity contribution in [3.8, 4) is 0 Å². The van der Waals surface area contributed by atoms with Crippen molar-refractivity contribution in [3.63, 3.8) is 0 Å². The number of amides is 2. The molecule has 2 fully saturated rings. The standard InChI is InChI=1S/C22H28N6O3/c1-15-12-24-17(13-23-15)20(29)28-9-5-22(6-10-28)11-18-16(14-31-22)19(25-26(18)2)21(30)27-7-3-4-8-27/h12-13H,3-11,14H2,1-2H3. The molecule has 0 bridgehead atoms. The molecule has 2 saturated heterocycles. The van der Waals surface area contributed by atoms with Gasteiger partial charge in [0.2, 0.25) is 0 Å². The summed E-state index contributed by atoms with van der Waals surface area (Å²) in [4.78, 5) is 37.8. The molecule has 2 aromatic heterocycles. The number of carbonyl (C=O) groups excluding carboxylic acids is 2. The molecule has 0 saturated carbocycles. The number of hydrogen-bond donors (Lipinski definition) is 0. The maximum Gasteiger partial charge on any atom is 0.274 e. The molecule has 31 heavy (non-hydrogen) atoms. The number of fused-ring (bicyclic) bond motifs is 1. The lowest BCUT2D eigenvalue weighted by molar-refractivity contribution is -0.0990. The number of hydrogen-bond acceptors (Lipinski definition) is 6. The number of aromatic nitrogens is 4. The van der Waals surface area contributed by atoms with Gasteiger partial charge in [0.15, 0.2) is 5.69 Å². The fourth-order valence-electron chi connectivity index (χ4n) is 4.90.